The molecule has 1 aromatic carbocycles. The van der Waals surface area contributed by atoms with Crippen molar-refractivity contribution in [3.05, 3.63) is 30.0 Å². The first-order valence-corrected chi connectivity index (χ1v) is 8.57. The summed E-state index contributed by atoms with van der Waals surface area (Å²) in [6, 6.07) is 6.37. The number of ether oxygens (including phenoxy) is 2. The number of nitrogens with one attached hydrogen (secondary N) is 1. The number of aliphatic hydroxyl groups is 3. The molecule has 1 amide bonds. The lowest BCUT2D eigenvalue weighted by Crippen LogP contribution is -2.62. The van der Waals surface area contributed by atoms with Gasteiger partial charge in [-0.05, 0) is 12.1 Å². The number of benzene rings is 1. The van der Waals surface area contributed by atoms with Gasteiger partial charge in [-0.25, -0.2) is 4.68 Å². The summed E-state index contributed by atoms with van der Waals surface area (Å²) in [5, 5.41) is 41.1. The van der Waals surface area contributed by atoms with Crippen molar-refractivity contribution < 1.29 is 29.6 Å². The molecule has 1 saturated heterocycles. The molecular formula is C17H20N4O6. The number of nitrogens with zero attached hydrogens (tertiary/aromatic N) is 3. The molecule has 5 atom stereocenters. The largest absolute Gasteiger partial charge is 0.486 e. The molecule has 3 heterocycles. The van der Waals surface area contributed by atoms with Gasteiger partial charge in [0.15, 0.2) is 6.23 Å². The molecule has 0 saturated carbocycles. The molecule has 144 valence electrons. The molecule has 2 aliphatic heterocycles. The SMILES string of the molecule is CC(=O)N[C@@H]1[C@@H](O)[C@H](O)[C@@H](CO)O[C@H]1n1nnc2c1-c1ccccc1OC2. The van der Waals surface area contributed by atoms with E-state index in [0.29, 0.717) is 17.1 Å². The molecule has 1 aromatic heterocycles. The van der Waals surface area contributed by atoms with Crippen LogP contribution in [0.2, 0.25) is 0 Å². The minimum atomic E-state index is -1.36. The van der Waals surface area contributed by atoms with Crippen molar-refractivity contribution in [2.75, 3.05) is 6.61 Å². The van der Waals surface area contributed by atoms with Gasteiger partial charge in [0, 0.05) is 12.5 Å². The van der Waals surface area contributed by atoms with Crippen LogP contribution in [-0.2, 0) is 16.1 Å². The van der Waals surface area contributed by atoms with E-state index in [1.165, 1.54) is 11.6 Å². The second kappa shape index (κ2) is 6.89. The van der Waals surface area contributed by atoms with Crippen molar-refractivity contribution >= 4 is 5.91 Å². The molecule has 1 fully saturated rings. The Morgan fingerprint density at radius 3 is 2.85 bits per heavy atom. The minimum absolute atomic E-state index is 0.221. The van der Waals surface area contributed by atoms with Crippen LogP contribution in [0.25, 0.3) is 11.3 Å². The fraction of sp³-hybridized carbons (Fsp3) is 0.471. The smallest absolute Gasteiger partial charge is 0.217 e. The molecule has 4 N–H and O–H groups in total. The highest BCUT2D eigenvalue weighted by atomic mass is 16.5. The van der Waals surface area contributed by atoms with Crippen LogP contribution in [0, 0.1) is 0 Å². The number of carbonyl (C=O) groups excluding carboxylic acids is 1. The maximum Gasteiger partial charge on any atom is 0.217 e. The summed E-state index contributed by atoms with van der Waals surface area (Å²) in [6.07, 6.45) is -4.74. The van der Waals surface area contributed by atoms with E-state index in [4.69, 9.17) is 9.47 Å². The zero-order valence-corrected chi connectivity index (χ0v) is 14.5. The summed E-state index contributed by atoms with van der Waals surface area (Å²) in [5.74, 6) is 0.250. The van der Waals surface area contributed by atoms with E-state index in [9.17, 15) is 20.1 Å². The number of fused-ring (bicyclic) bond motifs is 3. The van der Waals surface area contributed by atoms with E-state index < -0.39 is 43.1 Å². The number of hydrogen-bond acceptors (Lipinski definition) is 8. The topological polar surface area (TPSA) is 139 Å². The summed E-state index contributed by atoms with van der Waals surface area (Å²) >= 11 is 0. The number of para-hydroxylation sites is 1. The number of rotatable bonds is 3. The third kappa shape index (κ3) is 2.96. The first-order chi connectivity index (χ1) is 13.0. The molecule has 0 spiro atoms. The number of aliphatic hydroxyl groups excluding tert-OH is 3. The summed E-state index contributed by atoms with van der Waals surface area (Å²) in [6.45, 7) is 1.02. The van der Waals surface area contributed by atoms with Gasteiger partial charge in [-0.3, -0.25) is 4.79 Å². The lowest BCUT2D eigenvalue weighted by Gasteiger charge is -2.42. The Hall–Kier alpha value is -2.53. The minimum Gasteiger partial charge on any atom is -0.486 e. The zero-order chi connectivity index (χ0) is 19.1. The highest BCUT2D eigenvalue weighted by Gasteiger charge is 2.47. The van der Waals surface area contributed by atoms with Gasteiger partial charge in [-0.15, -0.1) is 5.10 Å². The lowest BCUT2D eigenvalue weighted by atomic mass is 9.95. The quantitative estimate of drug-likeness (QED) is 0.532. The van der Waals surface area contributed by atoms with Crippen molar-refractivity contribution in [2.24, 2.45) is 0 Å². The van der Waals surface area contributed by atoms with Gasteiger partial charge in [0.1, 0.15) is 48.1 Å². The molecule has 0 bridgehead atoms. The van der Waals surface area contributed by atoms with Gasteiger partial charge < -0.3 is 30.1 Å². The molecule has 2 aromatic rings. The third-order valence-electron chi connectivity index (χ3n) is 4.78. The van der Waals surface area contributed by atoms with E-state index in [-0.39, 0.29) is 6.61 Å². The van der Waals surface area contributed by atoms with Crippen LogP contribution >= 0.6 is 0 Å². The Morgan fingerprint density at radius 2 is 2.11 bits per heavy atom. The maximum atomic E-state index is 11.6. The van der Waals surface area contributed by atoms with Gasteiger partial charge >= 0.3 is 0 Å². The van der Waals surface area contributed by atoms with E-state index in [1.54, 1.807) is 0 Å². The van der Waals surface area contributed by atoms with E-state index >= 15 is 0 Å². The van der Waals surface area contributed by atoms with Gasteiger partial charge in [-0.2, -0.15) is 0 Å². The van der Waals surface area contributed by atoms with E-state index in [1.807, 2.05) is 24.3 Å². The average molecular weight is 376 g/mol. The number of carbonyl (C=O) groups is 1. The summed E-state index contributed by atoms with van der Waals surface area (Å²) < 4.78 is 12.9. The molecule has 27 heavy (non-hydrogen) atoms. The van der Waals surface area contributed by atoms with Crippen molar-refractivity contribution in [1.29, 1.82) is 0 Å². The van der Waals surface area contributed by atoms with Crippen LogP contribution in [0.15, 0.2) is 24.3 Å². The summed E-state index contributed by atoms with van der Waals surface area (Å²) in [5.41, 5.74) is 1.97. The molecule has 4 rings (SSSR count). The second-order valence-corrected chi connectivity index (χ2v) is 6.57. The van der Waals surface area contributed by atoms with Crippen molar-refractivity contribution in [3.63, 3.8) is 0 Å². The maximum absolute atomic E-state index is 11.6. The molecular weight excluding hydrogens is 356 g/mol. The van der Waals surface area contributed by atoms with Crippen molar-refractivity contribution in [3.8, 4) is 17.0 Å². The average Bonchev–Trinajstić information content (AvgIpc) is 3.10. The predicted molar refractivity (Wildman–Crippen MR) is 90.4 cm³/mol. The Bertz CT molecular complexity index is 856. The molecule has 2 aliphatic rings. The molecule has 10 nitrogen and oxygen atoms in total. The van der Waals surface area contributed by atoms with Crippen LogP contribution in [0.5, 0.6) is 5.75 Å². The van der Waals surface area contributed by atoms with Gasteiger partial charge in [-0.1, -0.05) is 17.3 Å². The van der Waals surface area contributed by atoms with E-state index in [2.05, 4.69) is 15.6 Å². The van der Waals surface area contributed by atoms with Crippen LogP contribution in [0.1, 0.15) is 18.8 Å². The van der Waals surface area contributed by atoms with Crippen LogP contribution in [0.4, 0.5) is 0 Å². The second-order valence-electron chi connectivity index (χ2n) is 6.57. The van der Waals surface area contributed by atoms with E-state index in [0.717, 1.165) is 5.56 Å². The monoisotopic (exact) mass is 376 g/mol. The van der Waals surface area contributed by atoms with Gasteiger partial charge in [0.2, 0.25) is 5.91 Å². The van der Waals surface area contributed by atoms with Gasteiger partial charge in [0.05, 0.1) is 6.61 Å². The van der Waals surface area contributed by atoms with Crippen molar-refractivity contribution in [2.45, 2.75) is 44.1 Å². The van der Waals surface area contributed by atoms with Crippen LogP contribution in [-0.4, -0.2) is 67.2 Å². The molecule has 0 radical (unpaired) electrons. The fourth-order valence-corrected chi connectivity index (χ4v) is 3.51. The van der Waals surface area contributed by atoms with Gasteiger partial charge in [0.25, 0.3) is 0 Å². The molecule has 10 heteroatoms. The summed E-state index contributed by atoms with van der Waals surface area (Å²) in [4.78, 5) is 11.6. The Kier molecular flexibility index (Phi) is 4.56. The lowest BCUT2D eigenvalue weighted by molar-refractivity contribution is -0.219. The standard InChI is InChI=1S/C17H20N4O6/c1-8(23)18-13-16(25)15(24)12(6-22)27-17(13)21-14-9-4-2-3-5-11(9)26-7-10(14)19-20-21/h2-5,12-13,15-17,22,24-25H,6-7H2,1H3,(H,18,23)/t12-,13-,15-,16-,17-/m1/s1. The van der Waals surface area contributed by atoms with Crippen molar-refractivity contribution in [1.82, 2.24) is 20.3 Å². The molecule has 0 aliphatic carbocycles. The summed E-state index contributed by atoms with van der Waals surface area (Å²) in [7, 11) is 0. The molecule has 0 unspecified atom stereocenters. The first-order valence-electron chi connectivity index (χ1n) is 8.57. The predicted octanol–water partition coefficient (Wildman–Crippen LogP) is -1.05. The van der Waals surface area contributed by atoms with Crippen LogP contribution in [0.3, 0.4) is 0 Å². The number of aromatic nitrogens is 3. The Morgan fingerprint density at radius 1 is 1.33 bits per heavy atom. The number of hydrogen-bond donors (Lipinski definition) is 4. The fourth-order valence-electron chi connectivity index (χ4n) is 3.51. The number of amides is 1. The normalized spacial score (nSPS) is 29.4. The Balaban J connectivity index is 1.80. The third-order valence-corrected chi connectivity index (χ3v) is 4.78. The Labute approximate surface area is 154 Å². The highest BCUT2D eigenvalue weighted by molar-refractivity contribution is 5.73. The van der Waals surface area contributed by atoms with Crippen LogP contribution < -0.4 is 10.1 Å². The zero-order valence-electron chi connectivity index (χ0n) is 14.5. The first kappa shape index (κ1) is 17.9. The highest BCUT2D eigenvalue weighted by Crippen LogP contribution is 2.39.